The van der Waals surface area contributed by atoms with Gasteiger partial charge in [0.25, 0.3) is 0 Å². The molecule has 3 rings (SSSR count). The Morgan fingerprint density at radius 3 is 2.04 bits per heavy atom. The Morgan fingerprint density at radius 2 is 1.48 bits per heavy atom. The molecule has 25 heavy (non-hydrogen) atoms. The number of ketones is 1. The molecule has 0 aliphatic rings. The summed E-state index contributed by atoms with van der Waals surface area (Å²) in [5, 5.41) is 9.01. The predicted molar refractivity (Wildman–Crippen MR) is 101 cm³/mol. The van der Waals surface area contributed by atoms with E-state index in [1.807, 2.05) is 74.5 Å². The number of aromatic nitrogens is 3. The second-order valence-electron chi connectivity index (χ2n) is 5.60. The van der Waals surface area contributed by atoms with Gasteiger partial charge in [-0.15, -0.1) is 10.2 Å². The second-order valence-corrected chi connectivity index (χ2v) is 6.91. The van der Waals surface area contributed by atoms with Crippen molar-refractivity contribution in [2.75, 3.05) is 0 Å². The van der Waals surface area contributed by atoms with E-state index in [0.29, 0.717) is 11.6 Å². The maximum absolute atomic E-state index is 11.9. The first kappa shape index (κ1) is 17.3. The first-order valence-electron chi connectivity index (χ1n) is 8.24. The van der Waals surface area contributed by atoms with Crippen LogP contribution < -0.4 is 0 Å². The van der Waals surface area contributed by atoms with E-state index in [2.05, 4.69) is 10.2 Å². The number of thioether (sulfide) groups is 1. The van der Waals surface area contributed by atoms with Gasteiger partial charge in [0.1, 0.15) is 17.2 Å². The van der Waals surface area contributed by atoms with Crippen LogP contribution in [0.3, 0.4) is 0 Å². The van der Waals surface area contributed by atoms with Crippen molar-refractivity contribution < 1.29 is 4.79 Å². The number of nitrogens with zero attached hydrogens (tertiary/aromatic N) is 3. The fourth-order valence-electron chi connectivity index (χ4n) is 2.46. The summed E-state index contributed by atoms with van der Waals surface area (Å²) in [6.07, 6.45) is 0.509. The van der Waals surface area contributed by atoms with Crippen molar-refractivity contribution in [1.82, 2.24) is 15.2 Å². The minimum absolute atomic E-state index is 0.182. The molecular formula is C20H19N3OS. The van der Waals surface area contributed by atoms with Crippen LogP contribution in [0.2, 0.25) is 0 Å². The number of rotatable bonds is 6. The van der Waals surface area contributed by atoms with E-state index in [0.717, 1.165) is 22.5 Å². The quantitative estimate of drug-likeness (QED) is 0.606. The SMILES string of the molecule is CCC(=O)C(C)Sc1nnc(-c2ccccc2)c(-c2ccccc2)n1. The van der Waals surface area contributed by atoms with Crippen molar-refractivity contribution in [1.29, 1.82) is 0 Å². The molecule has 5 heteroatoms. The molecule has 0 saturated carbocycles. The van der Waals surface area contributed by atoms with Crippen LogP contribution in [-0.4, -0.2) is 26.2 Å². The summed E-state index contributed by atoms with van der Waals surface area (Å²) in [7, 11) is 0. The maximum Gasteiger partial charge on any atom is 0.210 e. The molecular weight excluding hydrogens is 330 g/mol. The van der Waals surface area contributed by atoms with Crippen molar-refractivity contribution in [3.05, 3.63) is 60.7 Å². The summed E-state index contributed by atoms with van der Waals surface area (Å²) in [6.45, 7) is 3.75. The van der Waals surface area contributed by atoms with Crippen LogP contribution in [-0.2, 0) is 4.79 Å². The molecule has 0 saturated heterocycles. The lowest BCUT2D eigenvalue weighted by molar-refractivity contribution is -0.118. The Balaban J connectivity index is 2.04. The molecule has 0 spiro atoms. The van der Waals surface area contributed by atoms with E-state index >= 15 is 0 Å². The molecule has 3 aromatic rings. The molecule has 0 radical (unpaired) electrons. The van der Waals surface area contributed by atoms with Crippen LogP contribution in [0, 0.1) is 0 Å². The van der Waals surface area contributed by atoms with Crippen LogP contribution in [0.25, 0.3) is 22.5 Å². The van der Waals surface area contributed by atoms with E-state index < -0.39 is 0 Å². The topological polar surface area (TPSA) is 55.7 Å². The maximum atomic E-state index is 11.9. The van der Waals surface area contributed by atoms with Gasteiger partial charge >= 0.3 is 0 Å². The molecule has 1 heterocycles. The zero-order chi connectivity index (χ0) is 17.6. The Morgan fingerprint density at radius 1 is 0.920 bits per heavy atom. The lowest BCUT2D eigenvalue weighted by Gasteiger charge is -2.11. The predicted octanol–water partition coefficient (Wildman–Crippen LogP) is 4.67. The summed E-state index contributed by atoms with van der Waals surface area (Å²) in [5.74, 6) is 0.182. The molecule has 1 atom stereocenters. The third-order valence-electron chi connectivity index (χ3n) is 3.85. The van der Waals surface area contributed by atoms with Gasteiger partial charge in [-0.05, 0) is 6.92 Å². The standard InChI is InChI=1S/C20H19N3OS/c1-3-17(24)14(2)25-20-21-18(15-10-6-4-7-11-15)19(22-23-20)16-12-8-5-9-13-16/h4-14H,3H2,1-2H3. The Bertz CT molecular complexity index is 853. The zero-order valence-electron chi connectivity index (χ0n) is 14.2. The van der Waals surface area contributed by atoms with Crippen LogP contribution in [0.15, 0.2) is 65.8 Å². The van der Waals surface area contributed by atoms with Crippen molar-refractivity contribution in [2.45, 2.75) is 30.7 Å². The van der Waals surface area contributed by atoms with Gasteiger partial charge in [-0.1, -0.05) is 79.3 Å². The third-order valence-corrected chi connectivity index (χ3v) is 4.85. The first-order chi connectivity index (χ1) is 12.2. The molecule has 126 valence electrons. The number of hydrogen-bond donors (Lipinski definition) is 0. The smallest absolute Gasteiger partial charge is 0.210 e. The van der Waals surface area contributed by atoms with Gasteiger partial charge in [0, 0.05) is 17.5 Å². The highest BCUT2D eigenvalue weighted by Crippen LogP contribution is 2.30. The van der Waals surface area contributed by atoms with E-state index in [1.165, 1.54) is 11.8 Å². The summed E-state index contributed by atoms with van der Waals surface area (Å²) >= 11 is 1.35. The van der Waals surface area contributed by atoms with Gasteiger partial charge < -0.3 is 0 Å². The number of carbonyl (C=O) groups is 1. The van der Waals surface area contributed by atoms with E-state index in [1.54, 1.807) is 0 Å². The normalized spacial score (nSPS) is 11.9. The number of hydrogen-bond acceptors (Lipinski definition) is 5. The molecule has 0 aliphatic carbocycles. The van der Waals surface area contributed by atoms with Crippen LogP contribution >= 0.6 is 11.8 Å². The van der Waals surface area contributed by atoms with Crippen LogP contribution in [0.1, 0.15) is 20.3 Å². The number of carbonyl (C=O) groups excluding carboxylic acids is 1. The largest absolute Gasteiger partial charge is 0.298 e. The molecule has 0 bridgehead atoms. The number of benzene rings is 2. The van der Waals surface area contributed by atoms with Crippen LogP contribution in [0.4, 0.5) is 0 Å². The van der Waals surface area contributed by atoms with Crippen molar-refractivity contribution >= 4 is 17.5 Å². The van der Waals surface area contributed by atoms with E-state index in [9.17, 15) is 4.79 Å². The summed E-state index contributed by atoms with van der Waals surface area (Å²) in [6, 6.07) is 19.8. The molecule has 0 amide bonds. The highest BCUT2D eigenvalue weighted by Gasteiger charge is 2.18. The Hall–Kier alpha value is -2.53. The number of Topliss-reactive ketones (excluding diaryl/α,β-unsaturated/α-hetero) is 1. The average Bonchev–Trinajstić information content (AvgIpc) is 2.68. The second kappa shape index (κ2) is 8.03. The van der Waals surface area contributed by atoms with Gasteiger partial charge in [0.05, 0.1) is 5.25 Å². The summed E-state index contributed by atoms with van der Waals surface area (Å²) < 4.78 is 0. The van der Waals surface area contributed by atoms with Gasteiger partial charge in [-0.2, -0.15) is 0 Å². The van der Waals surface area contributed by atoms with Crippen molar-refractivity contribution in [2.24, 2.45) is 0 Å². The lowest BCUT2D eigenvalue weighted by atomic mass is 10.0. The van der Waals surface area contributed by atoms with Gasteiger partial charge in [-0.25, -0.2) is 4.98 Å². The molecule has 1 aromatic heterocycles. The molecule has 1 unspecified atom stereocenters. The molecule has 0 fully saturated rings. The Labute approximate surface area is 151 Å². The molecule has 2 aromatic carbocycles. The molecule has 4 nitrogen and oxygen atoms in total. The van der Waals surface area contributed by atoms with Gasteiger partial charge in [0.2, 0.25) is 5.16 Å². The van der Waals surface area contributed by atoms with Crippen molar-refractivity contribution in [3.8, 4) is 22.5 Å². The Kier molecular flexibility index (Phi) is 5.56. The minimum atomic E-state index is -0.182. The highest BCUT2D eigenvalue weighted by atomic mass is 32.2. The average molecular weight is 349 g/mol. The summed E-state index contributed by atoms with van der Waals surface area (Å²) in [4.78, 5) is 16.6. The van der Waals surface area contributed by atoms with Gasteiger partial charge in [0.15, 0.2) is 0 Å². The zero-order valence-corrected chi connectivity index (χ0v) is 15.0. The fraction of sp³-hybridized carbons (Fsp3) is 0.200. The monoisotopic (exact) mass is 349 g/mol. The van der Waals surface area contributed by atoms with Crippen LogP contribution in [0.5, 0.6) is 0 Å². The first-order valence-corrected chi connectivity index (χ1v) is 9.12. The fourth-order valence-corrected chi connectivity index (χ4v) is 3.31. The highest BCUT2D eigenvalue weighted by molar-refractivity contribution is 8.00. The lowest BCUT2D eigenvalue weighted by Crippen LogP contribution is -2.12. The third kappa shape index (κ3) is 4.12. The summed E-state index contributed by atoms with van der Waals surface area (Å²) in [5.41, 5.74) is 3.47. The molecule has 0 N–H and O–H groups in total. The molecule has 0 aliphatic heterocycles. The minimum Gasteiger partial charge on any atom is -0.298 e. The van der Waals surface area contributed by atoms with Crippen molar-refractivity contribution in [3.63, 3.8) is 0 Å². The van der Waals surface area contributed by atoms with E-state index in [4.69, 9.17) is 4.98 Å². The van der Waals surface area contributed by atoms with Gasteiger partial charge in [-0.3, -0.25) is 4.79 Å². The van der Waals surface area contributed by atoms with E-state index in [-0.39, 0.29) is 11.0 Å².